The third-order valence-electron chi connectivity index (χ3n) is 4.14. The van der Waals surface area contributed by atoms with Crippen LogP contribution in [0.15, 0.2) is 36.7 Å². The third kappa shape index (κ3) is 2.58. The van der Waals surface area contributed by atoms with Crippen molar-refractivity contribution in [2.24, 2.45) is 0 Å². The first-order valence-electron chi connectivity index (χ1n) is 8.06. The van der Waals surface area contributed by atoms with E-state index in [9.17, 15) is 0 Å². The van der Waals surface area contributed by atoms with Gasteiger partial charge < -0.3 is 5.32 Å². The molecule has 4 aromatic rings. The van der Waals surface area contributed by atoms with Gasteiger partial charge >= 0.3 is 0 Å². The Kier molecular flexibility index (Phi) is 3.60. The average molecular weight is 321 g/mol. The lowest BCUT2D eigenvalue weighted by Gasteiger charge is -2.09. The maximum atomic E-state index is 4.66. The molecule has 0 aliphatic rings. The van der Waals surface area contributed by atoms with Gasteiger partial charge in [-0.05, 0) is 26.3 Å². The van der Waals surface area contributed by atoms with Crippen LogP contribution in [-0.2, 0) is 6.54 Å². The van der Waals surface area contributed by atoms with Gasteiger partial charge in [0.05, 0.1) is 5.52 Å². The summed E-state index contributed by atoms with van der Waals surface area (Å²) in [5.41, 5.74) is 3.19. The predicted octanol–water partition coefficient (Wildman–Crippen LogP) is 2.59. The molecule has 24 heavy (non-hydrogen) atoms. The second-order valence-corrected chi connectivity index (χ2v) is 5.86. The number of benzene rings is 1. The molecule has 0 unspecified atom stereocenters. The monoisotopic (exact) mass is 321 g/mol. The second-order valence-electron chi connectivity index (χ2n) is 5.86. The van der Waals surface area contributed by atoms with Gasteiger partial charge in [0, 0.05) is 35.9 Å². The predicted molar refractivity (Wildman–Crippen MR) is 93.1 cm³/mol. The van der Waals surface area contributed by atoms with Gasteiger partial charge in [-0.25, -0.2) is 4.98 Å². The molecule has 0 atom stereocenters. The second kappa shape index (κ2) is 5.92. The summed E-state index contributed by atoms with van der Waals surface area (Å²) in [4.78, 5) is 8.48. The number of aryl methyl sites for hydroxylation is 3. The Bertz CT molecular complexity index is 999. The number of hydrogen-bond donors (Lipinski definition) is 1. The summed E-state index contributed by atoms with van der Waals surface area (Å²) in [5, 5.41) is 13.5. The number of hydrogen-bond acceptors (Lipinski definition) is 5. The molecule has 122 valence electrons. The molecule has 4 rings (SSSR count). The van der Waals surface area contributed by atoms with Gasteiger partial charge in [0.2, 0.25) is 0 Å². The molecule has 0 aliphatic carbocycles. The van der Waals surface area contributed by atoms with E-state index < -0.39 is 0 Å². The summed E-state index contributed by atoms with van der Waals surface area (Å²) < 4.78 is 3.80. The van der Waals surface area contributed by atoms with Gasteiger partial charge in [-0.1, -0.05) is 18.2 Å². The van der Waals surface area contributed by atoms with E-state index in [-0.39, 0.29) is 0 Å². The minimum Gasteiger partial charge on any atom is -0.370 e. The van der Waals surface area contributed by atoms with Gasteiger partial charge in [0.15, 0.2) is 0 Å². The highest BCUT2D eigenvalue weighted by Crippen LogP contribution is 2.17. The van der Waals surface area contributed by atoms with E-state index in [1.807, 2.05) is 19.1 Å². The van der Waals surface area contributed by atoms with Crippen molar-refractivity contribution in [3.05, 3.63) is 48.0 Å². The van der Waals surface area contributed by atoms with Crippen LogP contribution in [0.1, 0.15) is 17.8 Å². The Morgan fingerprint density at radius 1 is 1.17 bits per heavy atom. The summed E-state index contributed by atoms with van der Waals surface area (Å²) in [5.74, 6) is 1.53. The normalized spacial score (nSPS) is 11.4. The topological polar surface area (TPSA) is 72.9 Å². The minimum absolute atomic E-state index is 0.617. The first-order chi connectivity index (χ1) is 11.7. The van der Waals surface area contributed by atoms with Gasteiger partial charge in [-0.2, -0.15) is 19.7 Å². The number of anilines is 1. The van der Waals surface area contributed by atoms with Gasteiger partial charge in [0.1, 0.15) is 12.1 Å². The van der Waals surface area contributed by atoms with Crippen LogP contribution in [0.3, 0.4) is 0 Å². The van der Waals surface area contributed by atoms with Crippen molar-refractivity contribution < 1.29 is 0 Å². The largest absolute Gasteiger partial charge is 0.370 e. The standard InChI is InChI=1S/C17H19N7/c1-12-10-16(24-17(21-12)19-11-20-24)18-8-5-9-23-13(2)14-6-3-4-7-15(14)22-23/h3-4,6-7,10-11,18H,5,8-9H2,1-2H3. The number of nitrogens with zero attached hydrogens (tertiary/aromatic N) is 6. The number of fused-ring (bicyclic) bond motifs is 2. The summed E-state index contributed by atoms with van der Waals surface area (Å²) in [6, 6.07) is 10.2. The molecule has 0 aliphatic heterocycles. The summed E-state index contributed by atoms with van der Waals surface area (Å²) in [6.45, 7) is 5.78. The molecule has 3 heterocycles. The SMILES string of the molecule is Cc1cc(NCCCn2nc3ccccc3c2C)n2ncnc2n1. The maximum absolute atomic E-state index is 4.66. The van der Waals surface area contributed by atoms with E-state index in [2.05, 4.69) is 55.3 Å². The fourth-order valence-electron chi connectivity index (χ4n) is 2.93. The van der Waals surface area contributed by atoms with Gasteiger partial charge in [-0.3, -0.25) is 4.68 Å². The smallest absolute Gasteiger partial charge is 0.254 e. The molecule has 0 radical (unpaired) electrons. The van der Waals surface area contributed by atoms with E-state index in [0.29, 0.717) is 5.78 Å². The molecule has 1 N–H and O–H groups in total. The molecule has 7 nitrogen and oxygen atoms in total. The first-order valence-corrected chi connectivity index (χ1v) is 8.06. The molecule has 0 spiro atoms. The van der Waals surface area contributed by atoms with E-state index in [1.54, 1.807) is 4.52 Å². The highest BCUT2D eigenvalue weighted by molar-refractivity contribution is 5.81. The highest BCUT2D eigenvalue weighted by Gasteiger charge is 2.07. The number of nitrogens with one attached hydrogen (secondary N) is 1. The molecule has 0 amide bonds. The Balaban J connectivity index is 1.43. The molecular formula is C17H19N7. The van der Waals surface area contributed by atoms with Crippen molar-refractivity contribution >= 4 is 22.5 Å². The van der Waals surface area contributed by atoms with Crippen LogP contribution in [0.4, 0.5) is 5.82 Å². The molecule has 0 bridgehead atoms. The Labute approximate surface area is 139 Å². The molecule has 0 saturated heterocycles. The molecular weight excluding hydrogens is 302 g/mol. The van der Waals surface area contributed by atoms with E-state index in [4.69, 9.17) is 0 Å². The summed E-state index contributed by atoms with van der Waals surface area (Å²) in [7, 11) is 0. The van der Waals surface area contributed by atoms with Crippen LogP contribution in [0, 0.1) is 13.8 Å². The van der Waals surface area contributed by atoms with Crippen molar-refractivity contribution in [3.63, 3.8) is 0 Å². The van der Waals surface area contributed by atoms with Crippen molar-refractivity contribution in [2.45, 2.75) is 26.8 Å². The zero-order valence-corrected chi connectivity index (χ0v) is 13.8. The Morgan fingerprint density at radius 3 is 2.92 bits per heavy atom. The Morgan fingerprint density at radius 2 is 2.04 bits per heavy atom. The van der Waals surface area contributed by atoms with Crippen LogP contribution < -0.4 is 5.32 Å². The molecule has 1 aromatic carbocycles. The molecule has 0 fully saturated rings. The fraction of sp³-hybridized carbons (Fsp3) is 0.294. The first kappa shape index (κ1) is 14.6. The van der Waals surface area contributed by atoms with Crippen LogP contribution in [0.25, 0.3) is 16.7 Å². The zero-order valence-electron chi connectivity index (χ0n) is 13.8. The highest BCUT2D eigenvalue weighted by atomic mass is 15.4. The van der Waals surface area contributed by atoms with Crippen molar-refractivity contribution in [1.29, 1.82) is 0 Å². The van der Waals surface area contributed by atoms with Crippen molar-refractivity contribution in [3.8, 4) is 0 Å². The number of rotatable bonds is 5. The van der Waals surface area contributed by atoms with Gasteiger partial charge in [-0.15, -0.1) is 0 Å². The van der Waals surface area contributed by atoms with E-state index in [0.717, 1.165) is 36.5 Å². The van der Waals surface area contributed by atoms with Gasteiger partial charge in [0.25, 0.3) is 5.78 Å². The van der Waals surface area contributed by atoms with Crippen LogP contribution in [0.2, 0.25) is 0 Å². The van der Waals surface area contributed by atoms with E-state index >= 15 is 0 Å². The lowest BCUT2D eigenvalue weighted by Crippen LogP contribution is -2.11. The number of aromatic nitrogens is 6. The molecule has 3 aromatic heterocycles. The van der Waals surface area contributed by atoms with Crippen LogP contribution >= 0.6 is 0 Å². The summed E-state index contributed by atoms with van der Waals surface area (Å²) >= 11 is 0. The lowest BCUT2D eigenvalue weighted by atomic mass is 10.2. The zero-order chi connectivity index (χ0) is 16.5. The fourth-order valence-corrected chi connectivity index (χ4v) is 2.93. The van der Waals surface area contributed by atoms with Crippen molar-refractivity contribution in [2.75, 3.05) is 11.9 Å². The third-order valence-corrected chi connectivity index (χ3v) is 4.14. The lowest BCUT2D eigenvalue weighted by molar-refractivity contribution is 0.582. The molecule has 7 heteroatoms. The van der Waals surface area contributed by atoms with Crippen molar-refractivity contribution in [1.82, 2.24) is 29.4 Å². The summed E-state index contributed by atoms with van der Waals surface area (Å²) in [6.07, 6.45) is 2.48. The maximum Gasteiger partial charge on any atom is 0.254 e. The molecule has 0 saturated carbocycles. The minimum atomic E-state index is 0.617. The van der Waals surface area contributed by atoms with Crippen LogP contribution in [-0.4, -0.2) is 35.9 Å². The quantitative estimate of drug-likeness (QED) is 0.572. The Hall–Kier alpha value is -2.96. The average Bonchev–Trinajstić information content (AvgIpc) is 3.17. The van der Waals surface area contributed by atoms with Crippen LogP contribution in [0.5, 0.6) is 0 Å². The van der Waals surface area contributed by atoms with E-state index in [1.165, 1.54) is 17.4 Å².